The van der Waals surface area contributed by atoms with Gasteiger partial charge in [0.15, 0.2) is 0 Å². The number of carbonyl (C=O) groups is 1. The Morgan fingerprint density at radius 1 is 1.10 bits per heavy atom. The SMILES string of the molecule is CC[C@@H](C(=O)NCc1cccc(CN2CCCC2)c1)N(c1ccc(C)cc1)S(C)(=O)=O. The number of rotatable bonds is 9. The van der Waals surface area contributed by atoms with Crippen LogP contribution in [0.15, 0.2) is 48.5 Å². The monoisotopic (exact) mass is 443 g/mol. The average molecular weight is 444 g/mol. The lowest BCUT2D eigenvalue weighted by Gasteiger charge is -2.30. The Morgan fingerprint density at radius 3 is 2.35 bits per heavy atom. The van der Waals surface area contributed by atoms with E-state index in [4.69, 9.17) is 0 Å². The van der Waals surface area contributed by atoms with Crippen molar-refractivity contribution >= 4 is 21.6 Å². The topological polar surface area (TPSA) is 69.7 Å². The molecule has 1 aliphatic rings. The number of hydrogen-bond acceptors (Lipinski definition) is 4. The van der Waals surface area contributed by atoms with Crippen molar-refractivity contribution in [1.82, 2.24) is 10.2 Å². The summed E-state index contributed by atoms with van der Waals surface area (Å²) in [6, 6.07) is 14.6. The van der Waals surface area contributed by atoms with Crippen LogP contribution < -0.4 is 9.62 Å². The standard InChI is InChI=1S/C24H33N3O3S/c1-4-23(27(31(3,29)30)22-12-10-19(2)11-13-22)24(28)25-17-20-8-7-9-21(16-20)18-26-14-5-6-15-26/h7-13,16,23H,4-6,14-15,17-18H2,1-3H3,(H,25,28)/t23-/m0/s1. The Kier molecular flexibility index (Phi) is 7.73. The van der Waals surface area contributed by atoms with Crippen molar-refractivity contribution in [3.8, 4) is 0 Å². The number of sulfonamides is 1. The highest BCUT2D eigenvalue weighted by Crippen LogP contribution is 2.23. The highest BCUT2D eigenvalue weighted by atomic mass is 32.2. The lowest BCUT2D eigenvalue weighted by atomic mass is 10.1. The molecule has 0 saturated carbocycles. The summed E-state index contributed by atoms with van der Waals surface area (Å²) in [5, 5.41) is 2.95. The molecule has 0 unspecified atom stereocenters. The maximum absolute atomic E-state index is 13.0. The highest BCUT2D eigenvalue weighted by molar-refractivity contribution is 7.92. The first-order valence-corrected chi connectivity index (χ1v) is 12.8. The Morgan fingerprint density at radius 2 is 1.74 bits per heavy atom. The third kappa shape index (κ3) is 6.31. The molecule has 7 heteroatoms. The predicted molar refractivity (Wildman–Crippen MR) is 125 cm³/mol. The zero-order valence-corrected chi connectivity index (χ0v) is 19.5. The minimum Gasteiger partial charge on any atom is -0.350 e. The second-order valence-electron chi connectivity index (χ2n) is 8.34. The van der Waals surface area contributed by atoms with E-state index >= 15 is 0 Å². The Hall–Kier alpha value is -2.38. The van der Waals surface area contributed by atoms with Crippen molar-refractivity contribution < 1.29 is 13.2 Å². The van der Waals surface area contributed by atoms with E-state index in [-0.39, 0.29) is 5.91 Å². The fraction of sp³-hybridized carbons (Fsp3) is 0.458. The van der Waals surface area contributed by atoms with E-state index < -0.39 is 16.1 Å². The van der Waals surface area contributed by atoms with Gasteiger partial charge in [-0.3, -0.25) is 14.0 Å². The summed E-state index contributed by atoms with van der Waals surface area (Å²) in [5.41, 5.74) is 3.78. The lowest BCUT2D eigenvalue weighted by molar-refractivity contribution is -0.122. The number of benzene rings is 2. The Balaban J connectivity index is 1.70. The second-order valence-corrected chi connectivity index (χ2v) is 10.2. The zero-order chi connectivity index (χ0) is 22.4. The van der Waals surface area contributed by atoms with E-state index in [0.29, 0.717) is 18.7 Å². The van der Waals surface area contributed by atoms with Gasteiger partial charge < -0.3 is 5.32 Å². The molecule has 1 amide bonds. The van der Waals surface area contributed by atoms with Gasteiger partial charge >= 0.3 is 0 Å². The average Bonchev–Trinajstić information content (AvgIpc) is 3.23. The van der Waals surface area contributed by atoms with Crippen LogP contribution in [0.25, 0.3) is 0 Å². The van der Waals surface area contributed by atoms with Crippen molar-refractivity contribution in [2.75, 3.05) is 23.7 Å². The Labute approximate surface area is 186 Å². The minimum atomic E-state index is -3.62. The van der Waals surface area contributed by atoms with Crippen LogP contribution in [0.5, 0.6) is 0 Å². The van der Waals surface area contributed by atoms with E-state index in [1.54, 1.807) is 12.1 Å². The first-order valence-electron chi connectivity index (χ1n) is 10.9. The van der Waals surface area contributed by atoms with E-state index in [1.165, 1.54) is 22.7 Å². The molecule has 0 aromatic heterocycles. The maximum Gasteiger partial charge on any atom is 0.244 e. The minimum absolute atomic E-state index is 0.293. The second kappa shape index (κ2) is 10.3. The van der Waals surface area contributed by atoms with Crippen molar-refractivity contribution in [2.24, 2.45) is 0 Å². The molecule has 0 bridgehead atoms. The maximum atomic E-state index is 13.0. The van der Waals surface area contributed by atoms with Crippen molar-refractivity contribution in [3.63, 3.8) is 0 Å². The van der Waals surface area contributed by atoms with Gasteiger partial charge in [0.05, 0.1) is 11.9 Å². The van der Waals surface area contributed by atoms with Crippen LogP contribution in [-0.2, 0) is 27.9 Å². The molecular weight excluding hydrogens is 410 g/mol. The number of carbonyl (C=O) groups excluding carboxylic acids is 1. The van der Waals surface area contributed by atoms with Gasteiger partial charge in [-0.15, -0.1) is 0 Å². The fourth-order valence-corrected chi connectivity index (χ4v) is 5.31. The van der Waals surface area contributed by atoms with Crippen LogP contribution >= 0.6 is 0 Å². The molecular formula is C24H33N3O3S. The zero-order valence-electron chi connectivity index (χ0n) is 18.7. The molecule has 2 aromatic carbocycles. The van der Waals surface area contributed by atoms with Crippen molar-refractivity contribution in [1.29, 1.82) is 0 Å². The fourth-order valence-electron chi connectivity index (χ4n) is 4.10. The van der Waals surface area contributed by atoms with Gasteiger partial charge in [0.1, 0.15) is 6.04 Å². The summed E-state index contributed by atoms with van der Waals surface area (Å²) in [6.45, 7) is 7.34. The molecule has 0 radical (unpaired) electrons. The molecule has 168 valence electrons. The van der Waals surface area contributed by atoms with Gasteiger partial charge in [-0.05, 0) is 62.5 Å². The molecule has 1 fully saturated rings. The molecule has 1 aliphatic heterocycles. The van der Waals surface area contributed by atoms with E-state index in [0.717, 1.165) is 37.0 Å². The number of anilines is 1. The van der Waals surface area contributed by atoms with E-state index in [2.05, 4.69) is 22.3 Å². The van der Waals surface area contributed by atoms with Gasteiger partial charge in [0.2, 0.25) is 15.9 Å². The third-order valence-corrected chi connectivity index (χ3v) is 6.86. The number of nitrogens with zero attached hydrogens (tertiary/aromatic N) is 2. The third-order valence-electron chi connectivity index (χ3n) is 5.68. The van der Waals surface area contributed by atoms with Crippen molar-refractivity contribution in [2.45, 2.75) is 52.2 Å². The van der Waals surface area contributed by atoms with Crippen LogP contribution in [0.3, 0.4) is 0 Å². The first kappa shape index (κ1) is 23.3. The number of aryl methyl sites for hydroxylation is 1. The highest BCUT2D eigenvalue weighted by Gasteiger charge is 2.31. The summed E-state index contributed by atoms with van der Waals surface area (Å²) in [7, 11) is -3.62. The van der Waals surface area contributed by atoms with E-state index in [1.807, 2.05) is 38.1 Å². The predicted octanol–water partition coefficient (Wildman–Crippen LogP) is 3.45. The molecule has 0 spiro atoms. The normalized spacial score (nSPS) is 15.6. The summed E-state index contributed by atoms with van der Waals surface area (Å²) in [5.74, 6) is -0.293. The molecule has 1 saturated heterocycles. The largest absolute Gasteiger partial charge is 0.350 e. The van der Waals surface area contributed by atoms with Gasteiger partial charge in [-0.25, -0.2) is 8.42 Å². The molecule has 31 heavy (non-hydrogen) atoms. The van der Waals surface area contributed by atoms with E-state index in [9.17, 15) is 13.2 Å². The van der Waals surface area contributed by atoms with Crippen LogP contribution in [0.1, 0.15) is 42.9 Å². The van der Waals surface area contributed by atoms with Crippen LogP contribution in [-0.4, -0.2) is 44.6 Å². The lowest BCUT2D eigenvalue weighted by Crippen LogP contribution is -2.49. The molecule has 1 atom stereocenters. The van der Waals surface area contributed by atoms with Gasteiger partial charge in [-0.1, -0.05) is 48.9 Å². The van der Waals surface area contributed by atoms with Crippen molar-refractivity contribution in [3.05, 3.63) is 65.2 Å². The van der Waals surface area contributed by atoms with Gasteiger partial charge in [-0.2, -0.15) is 0 Å². The van der Waals surface area contributed by atoms with Crippen LogP contribution in [0.2, 0.25) is 0 Å². The van der Waals surface area contributed by atoms with Gasteiger partial charge in [0.25, 0.3) is 0 Å². The number of hydrogen-bond donors (Lipinski definition) is 1. The first-order chi connectivity index (χ1) is 14.8. The molecule has 1 heterocycles. The van der Waals surface area contributed by atoms with Crippen LogP contribution in [0, 0.1) is 6.92 Å². The molecule has 2 aromatic rings. The quantitative estimate of drug-likeness (QED) is 0.644. The summed E-state index contributed by atoms with van der Waals surface area (Å²) in [4.78, 5) is 15.5. The Bertz CT molecular complexity index is 983. The number of amides is 1. The number of nitrogens with one attached hydrogen (secondary N) is 1. The summed E-state index contributed by atoms with van der Waals surface area (Å²) >= 11 is 0. The summed E-state index contributed by atoms with van der Waals surface area (Å²) in [6.07, 6.45) is 4.03. The summed E-state index contributed by atoms with van der Waals surface area (Å²) < 4.78 is 26.3. The van der Waals surface area contributed by atoms with Gasteiger partial charge in [0, 0.05) is 13.1 Å². The molecule has 3 rings (SSSR count). The molecule has 0 aliphatic carbocycles. The molecule has 1 N–H and O–H groups in total. The number of likely N-dealkylation sites (tertiary alicyclic amines) is 1. The molecule has 6 nitrogen and oxygen atoms in total. The smallest absolute Gasteiger partial charge is 0.244 e. The van der Waals surface area contributed by atoms with Crippen LogP contribution in [0.4, 0.5) is 5.69 Å².